The van der Waals surface area contributed by atoms with E-state index in [1.807, 2.05) is 0 Å². The Bertz CT molecular complexity index is 284. The summed E-state index contributed by atoms with van der Waals surface area (Å²) in [5.74, 6) is -2.91. The van der Waals surface area contributed by atoms with Gasteiger partial charge >= 0.3 is 0 Å². The number of allylic oxidation sites excluding steroid dienone is 1. The number of halogens is 2. The first-order valence-electron chi connectivity index (χ1n) is 5.80. The van der Waals surface area contributed by atoms with Gasteiger partial charge in [-0.15, -0.1) is 0 Å². The van der Waals surface area contributed by atoms with Crippen molar-refractivity contribution in [2.75, 3.05) is 0 Å². The zero-order valence-corrected chi connectivity index (χ0v) is 9.97. The third kappa shape index (κ3) is 3.58. The molecule has 0 saturated heterocycles. The molecule has 0 radical (unpaired) electrons. The van der Waals surface area contributed by atoms with E-state index in [1.54, 1.807) is 6.92 Å². The molecular formula is C12H20F2N2. The topological polar surface area (TPSA) is 38.4 Å². The summed E-state index contributed by atoms with van der Waals surface area (Å²) in [7, 11) is 0. The molecule has 0 heterocycles. The van der Waals surface area contributed by atoms with Crippen LogP contribution < -0.4 is 5.73 Å². The number of nitrogens with two attached hydrogens (primary N) is 1. The lowest BCUT2D eigenvalue weighted by Crippen LogP contribution is -2.28. The molecule has 92 valence electrons. The van der Waals surface area contributed by atoms with Crippen LogP contribution in [0.5, 0.6) is 0 Å². The third-order valence-electron chi connectivity index (χ3n) is 2.93. The van der Waals surface area contributed by atoms with E-state index in [1.165, 1.54) is 12.6 Å². The molecule has 1 rings (SSSR count). The van der Waals surface area contributed by atoms with Gasteiger partial charge in [-0.25, -0.2) is 0 Å². The van der Waals surface area contributed by atoms with E-state index in [0.29, 0.717) is 5.57 Å². The summed E-state index contributed by atoms with van der Waals surface area (Å²) in [5.41, 5.74) is 5.52. The number of rotatable bonds is 3. The van der Waals surface area contributed by atoms with E-state index < -0.39 is 5.92 Å². The fourth-order valence-electron chi connectivity index (χ4n) is 2.03. The number of hydrogen-bond acceptors (Lipinski definition) is 2. The van der Waals surface area contributed by atoms with Gasteiger partial charge in [0.15, 0.2) is 0 Å². The van der Waals surface area contributed by atoms with Crippen LogP contribution in [0.25, 0.3) is 0 Å². The monoisotopic (exact) mass is 230 g/mol. The molecule has 0 aromatic rings. The summed E-state index contributed by atoms with van der Waals surface area (Å²) in [4.78, 5) is 4.20. The second-order valence-electron chi connectivity index (χ2n) is 4.51. The average molecular weight is 230 g/mol. The maximum Gasteiger partial charge on any atom is 0.286 e. The van der Waals surface area contributed by atoms with Crippen molar-refractivity contribution in [3.8, 4) is 0 Å². The minimum absolute atomic E-state index is 0.0458. The Morgan fingerprint density at radius 3 is 2.31 bits per heavy atom. The molecule has 0 bridgehead atoms. The molecule has 0 atom stereocenters. The van der Waals surface area contributed by atoms with E-state index in [4.69, 9.17) is 5.73 Å². The predicted molar refractivity (Wildman–Crippen MR) is 62.9 cm³/mol. The first kappa shape index (κ1) is 13.1. The van der Waals surface area contributed by atoms with Crippen molar-refractivity contribution < 1.29 is 8.78 Å². The molecular weight excluding hydrogens is 210 g/mol. The summed E-state index contributed by atoms with van der Waals surface area (Å²) in [6, 6.07) is 0.0458. The van der Waals surface area contributed by atoms with Crippen molar-refractivity contribution in [3.63, 3.8) is 0 Å². The first-order chi connectivity index (χ1) is 7.45. The fourth-order valence-corrected chi connectivity index (χ4v) is 2.03. The van der Waals surface area contributed by atoms with Crippen LogP contribution in [0, 0.1) is 0 Å². The van der Waals surface area contributed by atoms with Gasteiger partial charge in [0.2, 0.25) is 0 Å². The largest absolute Gasteiger partial charge is 0.404 e. The number of alkyl halides is 2. The second-order valence-corrected chi connectivity index (χ2v) is 4.51. The minimum atomic E-state index is -2.91. The van der Waals surface area contributed by atoms with Gasteiger partial charge in [0.1, 0.15) is 5.71 Å². The molecule has 0 aromatic carbocycles. The van der Waals surface area contributed by atoms with Crippen LogP contribution in [0.3, 0.4) is 0 Å². The lowest BCUT2D eigenvalue weighted by molar-refractivity contribution is 0.100. The first-order valence-corrected chi connectivity index (χ1v) is 5.80. The molecule has 1 fully saturated rings. The predicted octanol–water partition coefficient (Wildman–Crippen LogP) is 3.28. The third-order valence-corrected chi connectivity index (χ3v) is 2.93. The van der Waals surface area contributed by atoms with Crippen molar-refractivity contribution in [1.82, 2.24) is 0 Å². The molecule has 1 aliphatic rings. The maximum absolute atomic E-state index is 13.4. The number of nitrogens with zero attached hydrogens (tertiary/aromatic N) is 1. The molecule has 2 nitrogen and oxygen atoms in total. The zero-order chi connectivity index (χ0) is 12.2. The lowest BCUT2D eigenvalue weighted by Gasteiger charge is -2.22. The average Bonchev–Trinajstić information content (AvgIpc) is 2.25. The summed E-state index contributed by atoms with van der Waals surface area (Å²) in [5, 5.41) is 0. The van der Waals surface area contributed by atoms with Gasteiger partial charge in [0.05, 0.1) is 6.04 Å². The van der Waals surface area contributed by atoms with E-state index in [-0.39, 0.29) is 11.8 Å². The lowest BCUT2D eigenvalue weighted by atomic mass is 9.95. The van der Waals surface area contributed by atoms with Crippen LogP contribution in [0.15, 0.2) is 16.8 Å². The summed E-state index contributed by atoms with van der Waals surface area (Å²) in [6.07, 6.45) is 6.40. The van der Waals surface area contributed by atoms with E-state index in [9.17, 15) is 8.78 Å². The van der Waals surface area contributed by atoms with Crippen molar-refractivity contribution in [1.29, 1.82) is 0 Å². The van der Waals surface area contributed by atoms with Crippen LogP contribution in [0.1, 0.15) is 46.0 Å². The van der Waals surface area contributed by atoms with Crippen molar-refractivity contribution in [2.45, 2.75) is 57.9 Å². The van der Waals surface area contributed by atoms with E-state index >= 15 is 0 Å². The Morgan fingerprint density at radius 2 is 1.88 bits per heavy atom. The maximum atomic E-state index is 13.4. The summed E-state index contributed by atoms with van der Waals surface area (Å²) in [6.45, 7) is 2.46. The highest BCUT2D eigenvalue weighted by molar-refractivity contribution is 6.04. The molecule has 0 unspecified atom stereocenters. The normalized spacial score (nSPS) is 21.2. The van der Waals surface area contributed by atoms with Crippen LogP contribution in [0.4, 0.5) is 8.78 Å². The Labute approximate surface area is 95.6 Å². The van der Waals surface area contributed by atoms with Gasteiger partial charge < -0.3 is 5.73 Å². The molecule has 0 aliphatic heterocycles. The van der Waals surface area contributed by atoms with Gasteiger partial charge in [-0.2, -0.15) is 8.78 Å². The standard InChI is InChI=1S/C12H20F2N2/c1-9(8-15)11(12(2,13)14)16-10-6-4-3-5-7-10/h8,10H,3-7,15H2,1-2H3. The van der Waals surface area contributed by atoms with Crippen LogP contribution in [0.2, 0.25) is 0 Å². The molecule has 0 aromatic heterocycles. The fraction of sp³-hybridized carbons (Fsp3) is 0.750. The van der Waals surface area contributed by atoms with Gasteiger partial charge in [-0.3, -0.25) is 4.99 Å². The summed E-state index contributed by atoms with van der Waals surface area (Å²) >= 11 is 0. The van der Waals surface area contributed by atoms with Crippen LogP contribution >= 0.6 is 0 Å². The SMILES string of the molecule is CC(=CN)C(=NC1CCCCC1)C(C)(F)F. The zero-order valence-electron chi connectivity index (χ0n) is 9.97. The molecule has 2 N–H and O–H groups in total. The molecule has 1 aliphatic carbocycles. The Morgan fingerprint density at radius 1 is 1.31 bits per heavy atom. The Balaban J connectivity index is 2.87. The van der Waals surface area contributed by atoms with Gasteiger partial charge in [-0.1, -0.05) is 19.3 Å². The van der Waals surface area contributed by atoms with Crippen LogP contribution in [-0.4, -0.2) is 17.7 Å². The minimum Gasteiger partial charge on any atom is -0.404 e. The highest BCUT2D eigenvalue weighted by atomic mass is 19.3. The van der Waals surface area contributed by atoms with E-state index in [2.05, 4.69) is 4.99 Å². The van der Waals surface area contributed by atoms with Crippen molar-refractivity contribution in [3.05, 3.63) is 11.8 Å². The van der Waals surface area contributed by atoms with Crippen molar-refractivity contribution >= 4 is 5.71 Å². The van der Waals surface area contributed by atoms with Gasteiger partial charge in [0.25, 0.3) is 5.92 Å². The highest BCUT2D eigenvalue weighted by Crippen LogP contribution is 2.25. The van der Waals surface area contributed by atoms with Crippen molar-refractivity contribution in [2.24, 2.45) is 10.7 Å². The molecule has 0 spiro atoms. The summed E-state index contributed by atoms with van der Waals surface area (Å²) < 4.78 is 26.7. The molecule has 16 heavy (non-hydrogen) atoms. The molecule has 1 saturated carbocycles. The van der Waals surface area contributed by atoms with E-state index in [0.717, 1.165) is 32.6 Å². The Hall–Kier alpha value is -0.930. The van der Waals surface area contributed by atoms with Gasteiger partial charge in [-0.05, 0) is 31.5 Å². The molecule has 4 heteroatoms. The number of aliphatic imine (C=N–C) groups is 1. The molecule has 0 amide bonds. The van der Waals surface area contributed by atoms with Crippen LogP contribution in [-0.2, 0) is 0 Å². The van der Waals surface area contributed by atoms with Gasteiger partial charge in [0, 0.05) is 6.92 Å². The smallest absolute Gasteiger partial charge is 0.286 e. The second kappa shape index (κ2) is 5.41. The Kier molecular flexibility index (Phi) is 4.44. The highest BCUT2D eigenvalue weighted by Gasteiger charge is 2.31. The number of hydrogen-bond donors (Lipinski definition) is 1. The quantitative estimate of drug-likeness (QED) is 0.742.